The molecule has 9 heteroatoms. The van der Waals surface area contributed by atoms with Crippen molar-refractivity contribution < 1.29 is 19.0 Å². The first-order valence-electron chi connectivity index (χ1n) is 11.1. The topological polar surface area (TPSA) is 79.6 Å². The molecule has 180 valence electrons. The number of methoxy groups -OCH3 is 1. The van der Waals surface area contributed by atoms with E-state index in [0.717, 1.165) is 11.1 Å². The number of ether oxygens (including phenoxy) is 1. The van der Waals surface area contributed by atoms with E-state index in [4.69, 9.17) is 16.3 Å². The van der Waals surface area contributed by atoms with Crippen molar-refractivity contribution >= 4 is 23.3 Å². The van der Waals surface area contributed by atoms with Gasteiger partial charge in [0.15, 0.2) is 0 Å². The number of rotatable bonds is 8. The van der Waals surface area contributed by atoms with Gasteiger partial charge in [-0.25, -0.2) is 9.37 Å². The fourth-order valence-electron chi connectivity index (χ4n) is 4.28. The molecule has 34 heavy (non-hydrogen) atoms. The second-order valence-corrected chi connectivity index (χ2v) is 9.14. The van der Waals surface area contributed by atoms with Crippen molar-refractivity contribution in [3.05, 3.63) is 70.4 Å². The van der Waals surface area contributed by atoms with Gasteiger partial charge in [0, 0.05) is 49.8 Å². The fraction of sp³-hybridized carbons (Fsp3) is 0.360. The van der Waals surface area contributed by atoms with Gasteiger partial charge in [0.05, 0.1) is 24.3 Å². The number of pyridine rings is 1. The van der Waals surface area contributed by atoms with E-state index in [-0.39, 0.29) is 31.1 Å². The van der Waals surface area contributed by atoms with Gasteiger partial charge < -0.3 is 24.6 Å². The lowest BCUT2D eigenvalue weighted by molar-refractivity contribution is 0.0386. The van der Waals surface area contributed by atoms with Crippen LogP contribution < -0.4 is 5.32 Å². The maximum atomic E-state index is 13.9. The van der Waals surface area contributed by atoms with Gasteiger partial charge in [-0.05, 0) is 49.2 Å². The quantitative estimate of drug-likeness (QED) is 0.495. The van der Waals surface area contributed by atoms with E-state index in [2.05, 4.69) is 10.3 Å². The third-order valence-electron chi connectivity index (χ3n) is 5.87. The first-order chi connectivity index (χ1) is 16.3. The van der Waals surface area contributed by atoms with Crippen molar-refractivity contribution in [1.29, 1.82) is 0 Å². The zero-order valence-corrected chi connectivity index (χ0v) is 20.1. The Morgan fingerprint density at radius 1 is 1.29 bits per heavy atom. The van der Waals surface area contributed by atoms with Crippen molar-refractivity contribution in [3.8, 4) is 11.1 Å². The summed E-state index contributed by atoms with van der Waals surface area (Å²) < 4.78 is 21.2. The van der Waals surface area contributed by atoms with Gasteiger partial charge in [-0.3, -0.25) is 4.79 Å². The number of hydrogen-bond donors (Lipinski definition) is 2. The standard InChI is InChI=1S/C25H28ClFN4O3/c1-15(2)29-24-8-21(22(26)9-28-24)18-7-23-25(33)31(20(14-34-3)12-30(23)10-18)11-17-6-19(27)5-4-16(17)13-32/h4-10,15,20,32H,11-14H2,1-3H3,(H,28,29)/t20-/m1/s1. The molecule has 4 rings (SSSR count). The fourth-order valence-corrected chi connectivity index (χ4v) is 4.49. The molecule has 0 radical (unpaired) electrons. The van der Waals surface area contributed by atoms with Gasteiger partial charge >= 0.3 is 0 Å². The van der Waals surface area contributed by atoms with E-state index in [1.807, 2.05) is 36.7 Å². The monoisotopic (exact) mass is 486 g/mol. The molecule has 1 aliphatic heterocycles. The molecule has 3 aromatic rings. The predicted molar refractivity (Wildman–Crippen MR) is 129 cm³/mol. The molecule has 7 nitrogen and oxygen atoms in total. The Bertz CT molecular complexity index is 1200. The molecule has 3 heterocycles. The summed E-state index contributed by atoms with van der Waals surface area (Å²) in [4.78, 5) is 19.6. The van der Waals surface area contributed by atoms with E-state index in [9.17, 15) is 14.3 Å². The number of nitrogens with zero attached hydrogens (tertiary/aromatic N) is 3. The number of anilines is 1. The number of fused-ring (bicyclic) bond motifs is 1. The Balaban J connectivity index is 1.70. The van der Waals surface area contributed by atoms with Crippen molar-refractivity contribution in [1.82, 2.24) is 14.5 Å². The highest BCUT2D eigenvalue weighted by Crippen LogP contribution is 2.33. The Kier molecular flexibility index (Phi) is 7.21. The number of aromatic nitrogens is 2. The van der Waals surface area contributed by atoms with Crippen molar-refractivity contribution in [2.45, 2.75) is 45.6 Å². The van der Waals surface area contributed by atoms with Crippen LogP contribution in [-0.4, -0.2) is 51.3 Å². The van der Waals surface area contributed by atoms with Gasteiger partial charge in [-0.2, -0.15) is 0 Å². The van der Waals surface area contributed by atoms with Crippen LogP contribution in [0.5, 0.6) is 0 Å². The van der Waals surface area contributed by atoms with Gasteiger partial charge in [0.25, 0.3) is 5.91 Å². The molecule has 0 saturated heterocycles. The van der Waals surface area contributed by atoms with Crippen molar-refractivity contribution in [2.75, 3.05) is 19.0 Å². The molecule has 1 amide bonds. The summed E-state index contributed by atoms with van der Waals surface area (Å²) in [7, 11) is 1.58. The second kappa shape index (κ2) is 10.1. The average molecular weight is 487 g/mol. The molecule has 0 spiro atoms. The molecule has 1 aromatic carbocycles. The lowest BCUT2D eigenvalue weighted by Gasteiger charge is -2.36. The number of hydrogen-bond acceptors (Lipinski definition) is 5. The van der Waals surface area contributed by atoms with Crippen LogP contribution in [0.4, 0.5) is 10.2 Å². The first kappa shape index (κ1) is 24.2. The minimum absolute atomic E-state index is 0.166. The molecular formula is C25H28ClFN4O3. The highest BCUT2D eigenvalue weighted by Gasteiger charge is 2.33. The molecule has 0 unspecified atom stereocenters. The van der Waals surface area contributed by atoms with Gasteiger partial charge in [-0.1, -0.05) is 17.7 Å². The van der Waals surface area contributed by atoms with E-state index in [1.54, 1.807) is 24.3 Å². The molecule has 1 atom stereocenters. The number of benzene rings is 1. The number of nitrogens with one attached hydrogen (secondary N) is 1. The zero-order chi connectivity index (χ0) is 24.4. The SMILES string of the molecule is COC[C@H]1Cn2cc(-c3cc(NC(C)C)ncc3Cl)cc2C(=O)N1Cc1cc(F)ccc1CO. The van der Waals surface area contributed by atoms with Crippen LogP contribution in [-0.2, 0) is 24.4 Å². The summed E-state index contributed by atoms with van der Waals surface area (Å²) in [6.07, 6.45) is 3.51. The molecule has 0 saturated carbocycles. The highest BCUT2D eigenvalue weighted by atomic mass is 35.5. The van der Waals surface area contributed by atoms with Gasteiger partial charge in [0.2, 0.25) is 0 Å². The molecule has 2 aromatic heterocycles. The van der Waals surface area contributed by atoms with Gasteiger partial charge in [-0.15, -0.1) is 0 Å². The van der Waals surface area contributed by atoms with Crippen LogP contribution in [0.2, 0.25) is 5.02 Å². The Morgan fingerprint density at radius 3 is 2.79 bits per heavy atom. The molecule has 0 fully saturated rings. The number of halogens is 2. The average Bonchev–Trinajstić information content (AvgIpc) is 3.22. The predicted octanol–water partition coefficient (Wildman–Crippen LogP) is 4.33. The van der Waals surface area contributed by atoms with Gasteiger partial charge in [0.1, 0.15) is 17.3 Å². The maximum Gasteiger partial charge on any atom is 0.271 e. The van der Waals surface area contributed by atoms with E-state index >= 15 is 0 Å². The molecule has 2 N–H and O–H groups in total. The van der Waals surface area contributed by atoms with Crippen LogP contribution in [0.3, 0.4) is 0 Å². The van der Waals surface area contributed by atoms with E-state index in [1.165, 1.54) is 12.1 Å². The largest absolute Gasteiger partial charge is 0.392 e. The molecule has 1 aliphatic rings. The number of aliphatic hydroxyl groups excluding tert-OH is 1. The summed E-state index contributed by atoms with van der Waals surface area (Å²) in [6.45, 7) is 4.81. The normalized spacial score (nSPS) is 15.7. The minimum Gasteiger partial charge on any atom is -0.392 e. The molecular weight excluding hydrogens is 459 g/mol. The molecule has 0 bridgehead atoms. The lowest BCUT2D eigenvalue weighted by Crippen LogP contribution is -2.49. The zero-order valence-electron chi connectivity index (χ0n) is 19.4. The van der Waals surface area contributed by atoms with Crippen LogP contribution in [0, 0.1) is 5.82 Å². The lowest BCUT2D eigenvalue weighted by atomic mass is 10.0. The molecule has 0 aliphatic carbocycles. The van der Waals surface area contributed by atoms with Crippen LogP contribution in [0.25, 0.3) is 11.1 Å². The number of carbonyl (C=O) groups excluding carboxylic acids is 1. The third kappa shape index (κ3) is 4.94. The minimum atomic E-state index is -0.413. The smallest absolute Gasteiger partial charge is 0.271 e. The first-order valence-corrected chi connectivity index (χ1v) is 11.5. The Morgan fingerprint density at radius 2 is 2.09 bits per heavy atom. The van der Waals surface area contributed by atoms with Crippen LogP contribution >= 0.6 is 11.6 Å². The summed E-state index contributed by atoms with van der Waals surface area (Å²) in [5.74, 6) is 0.0913. The van der Waals surface area contributed by atoms with E-state index in [0.29, 0.717) is 40.8 Å². The van der Waals surface area contributed by atoms with Crippen LogP contribution in [0.15, 0.2) is 42.7 Å². The number of amides is 1. The second-order valence-electron chi connectivity index (χ2n) is 8.73. The third-order valence-corrected chi connectivity index (χ3v) is 6.17. The summed E-state index contributed by atoms with van der Waals surface area (Å²) in [5.41, 5.74) is 3.24. The number of aliphatic hydroxyl groups is 1. The van der Waals surface area contributed by atoms with Crippen molar-refractivity contribution in [2.24, 2.45) is 0 Å². The summed E-state index contributed by atoms with van der Waals surface area (Å²) in [5, 5.41) is 13.4. The Hall–Kier alpha value is -2.94. The Labute approximate surface area is 203 Å². The highest BCUT2D eigenvalue weighted by molar-refractivity contribution is 6.33. The van der Waals surface area contributed by atoms with E-state index < -0.39 is 5.82 Å². The van der Waals surface area contributed by atoms with Crippen LogP contribution in [0.1, 0.15) is 35.5 Å². The summed E-state index contributed by atoms with van der Waals surface area (Å²) in [6, 6.07) is 7.85. The number of carbonyl (C=O) groups is 1. The van der Waals surface area contributed by atoms with Crippen molar-refractivity contribution in [3.63, 3.8) is 0 Å². The maximum absolute atomic E-state index is 13.9. The summed E-state index contributed by atoms with van der Waals surface area (Å²) >= 11 is 6.46.